The molecule has 0 radical (unpaired) electrons. The summed E-state index contributed by atoms with van der Waals surface area (Å²) >= 11 is 0. The first-order valence-corrected chi connectivity index (χ1v) is 4.61. The van der Waals surface area contributed by atoms with E-state index in [2.05, 4.69) is 4.72 Å². The summed E-state index contributed by atoms with van der Waals surface area (Å²) in [6.07, 6.45) is 3.46. The van der Waals surface area contributed by atoms with E-state index in [1.165, 1.54) is 0 Å². The fourth-order valence-corrected chi connectivity index (χ4v) is 1.25. The predicted octanol–water partition coefficient (Wildman–Crippen LogP) is 1.03. The molecular weight excluding hydrogens is 162 g/mol. The first-order valence-electron chi connectivity index (χ1n) is 3.40. The number of ether oxygens (including phenoxy) is 1. The monoisotopic (exact) mass is 173 g/mol. The summed E-state index contributed by atoms with van der Waals surface area (Å²) in [4.78, 5) is 0. The van der Waals surface area contributed by atoms with Gasteiger partial charge in [0.2, 0.25) is 0 Å². The van der Waals surface area contributed by atoms with Crippen LogP contribution >= 0.6 is 0 Å². The van der Waals surface area contributed by atoms with Crippen molar-refractivity contribution >= 4 is 11.0 Å². The van der Waals surface area contributed by atoms with Crippen LogP contribution in [0.25, 0.3) is 0 Å². The zero-order valence-electron chi connectivity index (χ0n) is 6.53. The molecule has 0 saturated heterocycles. The summed E-state index contributed by atoms with van der Waals surface area (Å²) in [5, 5.41) is 1.55. The minimum absolute atomic E-state index is 0.152. The highest BCUT2D eigenvalue weighted by atomic mass is 32.2. The maximum absolute atomic E-state index is 10.7. The SMILES string of the molecule is CC(C)OC1=CNS(=O)C=C1. The molecule has 0 aromatic heterocycles. The molecule has 0 spiro atoms. The van der Waals surface area contributed by atoms with Crippen LogP contribution < -0.4 is 4.72 Å². The van der Waals surface area contributed by atoms with Crippen LogP contribution in [0.1, 0.15) is 13.8 Å². The number of rotatable bonds is 2. The smallest absolute Gasteiger partial charge is 0.142 e. The molecule has 3 nitrogen and oxygen atoms in total. The third-order valence-electron chi connectivity index (χ3n) is 1.05. The van der Waals surface area contributed by atoms with Crippen molar-refractivity contribution in [1.82, 2.24) is 4.72 Å². The van der Waals surface area contributed by atoms with Crippen LogP contribution in [0, 0.1) is 0 Å². The highest BCUT2D eigenvalue weighted by Gasteiger charge is 2.02. The first-order chi connectivity index (χ1) is 5.18. The summed E-state index contributed by atoms with van der Waals surface area (Å²) in [5.74, 6) is 0.722. The molecule has 0 aliphatic carbocycles. The molecule has 0 fully saturated rings. The fraction of sp³-hybridized carbons (Fsp3) is 0.429. The van der Waals surface area contributed by atoms with Crippen molar-refractivity contribution in [2.45, 2.75) is 20.0 Å². The third kappa shape index (κ3) is 2.76. The van der Waals surface area contributed by atoms with Crippen LogP contribution in [-0.2, 0) is 15.7 Å². The lowest BCUT2D eigenvalue weighted by Gasteiger charge is -2.12. The molecule has 62 valence electrons. The van der Waals surface area contributed by atoms with Crippen molar-refractivity contribution in [1.29, 1.82) is 0 Å². The highest BCUT2D eigenvalue weighted by molar-refractivity contribution is 7.86. The Hall–Kier alpha value is -0.770. The molecule has 1 N–H and O–H groups in total. The Morgan fingerprint density at radius 1 is 1.64 bits per heavy atom. The standard InChI is InChI=1S/C7H11NO2S/c1-6(2)10-7-3-4-11(9)8-5-7/h3-6,8H,1-2H3. The van der Waals surface area contributed by atoms with Crippen LogP contribution in [0.3, 0.4) is 0 Å². The first kappa shape index (κ1) is 8.33. The average molecular weight is 173 g/mol. The zero-order chi connectivity index (χ0) is 8.27. The second-order valence-electron chi connectivity index (χ2n) is 2.43. The highest BCUT2D eigenvalue weighted by Crippen LogP contribution is 2.06. The van der Waals surface area contributed by atoms with E-state index in [1.807, 2.05) is 13.8 Å². The summed E-state index contributed by atoms with van der Waals surface area (Å²) < 4.78 is 18.7. The second kappa shape index (κ2) is 3.57. The molecule has 0 aromatic rings. The van der Waals surface area contributed by atoms with Gasteiger partial charge in [0, 0.05) is 5.41 Å². The Kier molecular flexibility index (Phi) is 2.70. The third-order valence-corrected chi connectivity index (χ3v) is 1.78. The molecule has 0 amide bonds. The molecule has 1 heterocycles. The van der Waals surface area contributed by atoms with E-state index in [-0.39, 0.29) is 6.10 Å². The van der Waals surface area contributed by atoms with Crippen molar-refractivity contribution in [3.8, 4) is 0 Å². The van der Waals surface area contributed by atoms with E-state index < -0.39 is 11.0 Å². The lowest BCUT2D eigenvalue weighted by atomic mass is 10.4. The minimum atomic E-state index is -1.06. The van der Waals surface area contributed by atoms with Crippen LogP contribution in [-0.4, -0.2) is 10.3 Å². The Labute approximate surface area is 68.7 Å². The van der Waals surface area contributed by atoms with Gasteiger partial charge in [-0.15, -0.1) is 0 Å². The van der Waals surface area contributed by atoms with E-state index in [9.17, 15) is 4.21 Å². The molecule has 0 aromatic carbocycles. The molecule has 1 aliphatic rings. The van der Waals surface area contributed by atoms with E-state index >= 15 is 0 Å². The summed E-state index contributed by atoms with van der Waals surface area (Å²) in [6, 6.07) is 0. The van der Waals surface area contributed by atoms with Crippen molar-refractivity contribution in [3.05, 3.63) is 23.4 Å². The van der Waals surface area contributed by atoms with Crippen LogP contribution in [0.2, 0.25) is 0 Å². The van der Waals surface area contributed by atoms with Crippen LogP contribution in [0.5, 0.6) is 0 Å². The maximum Gasteiger partial charge on any atom is 0.142 e. The molecule has 4 heteroatoms. The maximum atomic E-state index is 10.7. The van der Waals surface area contributed by atoms with Gasteiger partial charge in [-0.3, -0.25) is 0 Å². The summed E-state index contributed by atoms with van der Waals surface area (Å²) in [7, 11) is -1.06. The van der Waals surface area contributed by atoms with Crippen molar-refractivity contribution < 1.29 is 8.95 Å². The second-order valence-corrected chi connectivity index (χ2v) is 3.53. The van der Waals surface area contributed by atoms with Gasteiger partial charge in [0.15, 0.2) is 0 Å². The molecular formula is C7H11NO2S. The predicted molar refractivity (Wildman–Crippen MR) is 44.7 cm³/mol. The summed E-state index contributed by atoms with van der Waals surface area (Å²) in [5.41, 5.74) is 0. The van der Waals surface area contributed by atoms with Crippen molar-refractivity contribution in [2.24, 2.45) is 0 Å². The average Bonchev–Trinajstić information content (AvgIpc) is 1.93. The van der Waals surface area contributed by atoms with Crippen LogP contribution in [0.4, 0.5) is 0 Å². The topological polar surface area (TPSA) is 38.3 Å². The Balaban J connectivity index is 2.50. The van der Waals surface area contributed by atoms with Gasteiger partial charge in [-0.25, -0.2) is 4.21 Å². The molecule has 1 rings (SSSR count). The van der Waals surface area contributed by atoms with E-state index in [0.717, 1.165) is 5.76 Å². The van der Waals surface area contributed by atoms with Gasteiger partial charge in [-0.2, -0.15) is 0 Å². The van der Waals surface area contributed by atoms with Gasteiger partial charge in [0.25, 0.3) is 0 Å². The van der Waals surface area contributed by atoms with Crippen molar-refractivity contribution in [2.75, 3.05) is 0 Å². The van der Waals surface area contributed by atoms with E-state index in [0.29, 0.717) is 0 Å². The van der Waals surface area contributed by atoms with Gasteiger partial charge in [0.1, 0.15) is 16.7 Å². The molecule has 0 saturated carbocycles. The largest absolute Gasteiger partial charge is 0.489 e. The van der Waals surface area contributed by atoms with Gasteiger partial charge in [-0.1, -0.05) is 0 Å². The quantitative estimate of drug-likeness (QED) is 0.677. The van der Waals surface area contributed by atoms with Gasteiger partial charge in [-0.05, 0) is 19.9 Å². The molecule has 1 atom stereocenters. The van der Waals surface area contributed by atoms with Gasteiger partial charge >= 0.3 is 0 Å². The Bertz CT molecular complexity index is 220. The lowest BCUT2D eigenvalue weighted by Crippen LogP contribution is -2.13. The van der Waals surface area contributed by atoms with Gasteiger partial charge in [0.05, 0.1) is 12.3 Å². The molecule has 1 aliphatic heterocycles. The number of allylic oxidation sites excluding steroid dienone is 1. The van der Waals surface area contributed by atoms with E-state index in [4.69, 9.17) is 4.74 Å². The lowest BCUT2D eigenvalue weighted by molar-refractivity contribution is 0.157. The normalized spacial score (nSPS) is 22.8. The summed E-state index contributed by atoms with van der Waals surface area (Å²) in [6.45, 7) is 3.89. The fourth-order valence-electron chi connectivity index (χ4n) is 0.678. The molecule has 0 bridgehead atoms. The van der Waals surface area contributed by atoms with Gasteiger partial charge < -0.3 is 9.46 Å². The number of hydrogen-bond acceptors (Lipinski definition) is 2. The minimum Gasteiger partial charge on any atom is -0.489 e. The van der Waals surface area contributed by atoms with Crippen LogP contribution in [0.15, 0.2) is 23.4 Å². The van der Waals surface area contributed by atoms with E-state index in [1.54, 1.807) is 17.7 Å². The van der Waals surface area contributed by atoms with Crippen molar-refractivity contribution in [3.63, 3.8) is 0 Å². The Morgan fingerprint density at radius 2 is 2.36 bits per heavy atom. The number of hydrogen-bond donors (Lipinski definition) is 1. The zero-order valence-corrected chi connectivity index (χ0v) is 7.35. The Morgan fingerprint density at radius 3 is 2.82 bits per heavy atom. The molecule has 11 heavy (non-hydrogen) atoms. The molecule has 1 unspecified atom stereocenters. The number of nitrogens with one attached hydrogen (secondary N) is 1.